The van der Waals surface area contributed by atoms with Gasteiger partial charge in [-0.15, -0.1) is 0 Å². The summed E-state index contributed by atoms with van der Waals surface area (Å²) < 4.78 is 15.9. The zero-order valence-corrected chi connectivity index (χ0v) is 18.1. The van der Waals surface area contributed by atoms with Crippen LogP contribution in [0.2, 0.25) is 0 Å². The molecule has 7 heteroatoms. The van der Waals surface area contributed by atoms with Crippen LogP contribution in [0.4, 0.5) is 0 Å². The normalized spacial score (nSPS) is 16.6. The molecule has 0 amide bonds. The second-order valence-corrected chi connectivity index (χ2v) is 8.24. The number of benzene rings is 1. The van der Waals surface area contributed by atoms with E-state index in [9.17, 15) is 4.79 Å². The van der Waals surface area contributed by atoms with Gasteiger partial charge in [-0.25, -0.2) is 9.97 Å². The Kier molecular flexibility index (Phi) is 5.36. The van der Waals surface area contributed by atoms with E-state index < -0.39 is 0 Å². The van der Waals surface area contributed by atoms with Gasteiger partial charge in [0.25, 0.3) is 0 Å². The second kappa shape index (κ2) is 8.30. The fraction of sp³-hybridized carbons (Fsp3) is 0.458. The minimum atomic E-state index is -0.231. The molecule has 1 fully saturated rings. The third kappa shape index (κ3) is 3.57. The minimum Gasteiger partial charge on any atom is -0.424 e. The number of carbonyl (C=O) groups excluding carboxylic acids is 1. The summed E-state index contributed by atoms with van der Waals surface area (Å²) in [5, 5.41) is 0.790. The Balaban J connectivity index is 1.77. The summed E-state index contributed by atoms with van der Waals surface area (Å²) in [6.45, 7) is 5.61. The highest BCUT2D eigenvalue weighted by atomic mass is 16.5. The van der Waals surface area contributed by atoms with Crippen molar-refractivity contribution in [3.63, 3.8) is 0 Å². The molecule has 7 nitrogen and oxygen atoms in total. The zero-order chi connectivity index (χ0) is 21.4. The molecule has 5 rings (SSSR count). The van der Waals surface area contributed by atoms with Crippen molar-refractivity contribution in [3.8, 4) is 5.75 Å². The fourth-order valence-electron chi connectivity index (χ4n) is 4.47. The number of nitrogens with zero attached hydrogens (tertiary/aromatic N) is 4. The van der Waals surface area contributed by atoms with Crippen molar-refractivity contribution in [2.24, 2.45) is 0 Å². The molecule has 4 aromatic rings. The van der Waals surface area contributed by atoms with Crippen LogP contribution < -0.4 is 4.74 Å². The zero-order valence-electron chi connectivity index (χ0n) is 18.1. The maximum atomic E-state index is 12.4. The highest BCUT2D eigenvalue weighted by Crippen LogP contribution is 2.34. The first kappa shape index (κ1) is 20.0. The van der Waals surface area contributed by atoms with E-state index in [1.165, 1.54) is 0 Å². The largest absolute Gasteiger partial charge is 0.424 e. The molecule has 0 spiro atoms. The average molecular weight is 421 g/mol. The first-order valence-corrected chi connectivity index (χ1v) is 11.3. The van der Waals surface area contributed by atoms with E-state index in [0.717, 1.165) is 72.2 Å². The monoisotopic (exact) mass is 420 g/mol. The molecule has 0 saturated carbocycles. The average Bonchev–Trinajstić information content (AvgIpc) is 3.47. The van der Waals surface area contributed by atoms with Crippen LogP contribution >= 0.6 is 0 Å². The van der Waals surface area contributed by atoms with Gasteiger partial charge in [-0.3, -0.25) is 9.20 Å². The van der Waals surface area contributed by atoms with E-state index in [1.54, 1.807) is 0 Å². The first-order chi connectivity index (χ1) is 15.2. The van der Waals surface area contributed by atoms with Crippen molar-refractivity contribution < 1.29 is 14.3 Å². The van der Waals surface area contributed by atoms with Crippen LogP contribution in [-0.4, -0.2) is 37.6 Å². The van der Waals surface area contributed by atoms with Gasteiger partial charge >= 0.3 is 5.97 Å². The molecule has 0 aliphatic carbocycles. The highest BCUT2D eigenvalue weighted by Gasteiger charge is 2.24. The summed E-state index contributed by atoms with van der Waals surface area (Å²) in [5.41, 5.74) is 3.53. The van der Waals surface area contributed by atoms with Crippen molar-refractivity contribution in [1.29, 1.82) is 0 Å². The molecule has 1 aliphatic heterocycles. The molecule has 0 bridgehead atoms. The van der Waals surface area contributed by atoms with E-state index in [2.05, 4.69) is 22.0 Å². The Morgan fingerprint density at radius 3 is 2.84 bits per heavy atom. The van der Waals surface area contributed by atoms with Crippen LogP contribution in [0.5, 0.6) is 5.75 Å². The number of para-hydroxylation sites is 2. The Morgan fingerprint density at radius 1 is 1.19 bits per heavy atom. The molecule has 0 N–H and O–H groups in total. The summed E-state index contributed by atoms with van der Waals surface area (Å²) in [6.07, 6.45) is 7.10. The predicted molar refractivity (Wildman–Crippen MR) is 120 cm³/mol. The fourth-order valence-corrected chi connectivity index (χ4v) is 4.47. The van der Waals surface area contributed by atoms with Gasteiger partial charge in [0.2, 0.25) is 0 Å². The van der Waals surface area contributed by atoms with E-state index in [0.29, 0.717) is 18.7 Å². The summed E-state index contributed by atoms with van der Waals surface area (Å²) in [4.78, 5) is 22.4. The van der Waals surface area contributed by atoms with Gasteiger partial charge in [0, 0.05) is 25.6 Å². The van der Waals surface area contributed by atoms with Gasteiger partial charge < -0.3 is 14.0 Å². The van der Waals surface area contributed by atoms with E-state index in [4.69, 9.17) is 19.4 Å². The number of rotatable bonds is 7. The van der Waals surface area contributed by atoms with Gasteiger partial charge in [-0.05, 0) is 37.8 Å². The lowest BCUT2D eigenvalue weighted by Crippen LogP contribution is -2.15. The van der Waals surface area contributed by atoms with Crippen LogP contribution in [0.25, 0.3) is 27.7 Å². The van der Waals surface area contributed by atoms with Crippen molar-refractivity contribution in [3.05, 3.63) is 36.3 Å². The molecular formula is C24H28N4O3. The van der Waals surface area contributed by atoms with Crippen molar-refractivity contribution >= 4 is 33.7 Å². The van der Waals surface area contributed by atoms with Crippen molar-refractivity contribution in [2.75, 3.05) is 6.61 Å². The number of hydrogen-bond donors (Lipinski definition) is 0. The lowest BCUT2D eigenvalue weighted by molar-refractivity contribution is -0.134. The molecule has 1 atom stereocenters. The van der Waals surface area contributed by atoms with Gasteiger partial charge in [-0.2, -0.15) is 0 Å². The molecule has 4 heterocycles. The van der Waals surface area contributed by atoms with Gasteiger partial charge in [-0.1, -0.05) is 26.0 Å². The SMILES string of the molecule is CCCC(=O)Oc1cn(CC2CCCO2)c2nc(CCC)n3c4ccccc4nc3c12. The topological polar surface area (TPSA) is 70.7 Å². The highest BCUT2D eigenvalue weighted by molar-refractivity contribution is 6.00. The quantitative estimate of drug-likeness (QED) is 0.406. The second-order valence-electron chi connectivity index (χ2n) is 8.24. The van der Waals surface area contributed by atoms with E-state index in [1.807, 2.05) is 31.3 Å². The van der Waals surface area contributed by atoms with Crippen LogP contribution in [0, 0.1) is 0 Å². The number of ether oxygens (including phenoxy) is 2. The molecule has 1 unspecified atom stereocenters. The maximum Gasteiger partial charge on any atom is 0.311 e. The first-order valence-electron chi connectivity index (χ1n) is 11.3. The Hall–Kier alpha value is -2.93. The Morgan fingerprint density at radius 2 is 2.06 bits per heavy atom. The number of imidazole rings is 1. The molecule has 162 valence electrons. The van der Waals surface area contributed by atoms with Crippen LogP contribution in [0.3, 0.4) is 0 Å². The maximum absolute atomic E-state index is 12.4. The summed E-state index contributed by atoms with van der Waals surface area (Å²) in [7, 11) is 0. The van der Waals surface area contributed by atoms with Gasteiger partial charge in [0.1, 0.15) is 16.9 Å². The predicted octanol–water partition coefficient (Wildman–Crippen LogP) is 4.67. The summed E-state index contributed by atoms with van der Waals surface area (Å²) in [6, 6.07) is 8.08. The molecule has 1 aromatic carbocycles. The molecule has 0 radical (unpaired) electrons. The number of fused-ring (bicyclic) bond motifs is 5. The molecule has 3 aromatic heterocycles. The van der Waals surface area contributed by atoms with Crippen LogP contribution in [0.1, 0.15) is 51.8 Å². The van der Waals surface area contributed by atoms with Crippen molar-refractivity contribution in [2.45, 2.75) is 65.0 Å². The lowest BCUT2D eigenvalue weighted by atomic mass is 10.2. The van der Waals surface area contributed by atoms with E-state index in [-0.39, 0.29) is 12.1 Å². The number of hydrogen-bond acceptors (Lipinski definition) is 5. The minimum absolute atomic E-state index is 0.154. The van der Waals surface area contributed by atoms with Crippen molar-refractivity contribution in [1.82, 2.24) is 18.9 Å². The summed E-state index contributed by atoms with van der Waals surface area (Å²) >= 11 is 0. The third-order valence-electron chi connectivity index (χ3n) is 5.87. The van der Waals surface area contributed by atoms with Gasteiger partial charge in [0.05, 0.1) is 23.7 Å². The number of aromatic nitrogens is 4. The molecule has 1 saturated heterocycles. The summed E-state index contributed by atoms with van der Waals surface area (Å²) in [5.74, 6) is 1.27. The van der Waals surface area contributed by atoms with Crippen LogP contribution in [-0.2, 0) is 22.5 Å². The van der Waals surface area contributed by atoms with Crippen LogP contribution in [0.15, 0.2) is 30.5 Å². The van der Waals surface area contributed by atoms with Gasteiger partial charge in [0.15, 0.2) is 11.4 Å². The molecule has 1 aliphatic rings. The Labute approximate surface area is 181 Å². The molecule has 31 heavy (non-hydrogen) atoms. The number of esters is 1. The molecular weight excluding hydrogens is 392 g/mol. The lowest BCUT2D eigenvalue weighted by Gasteiger charge is -2.12. The number of aryl methyl sites for hydroxylation is 1. The smallest absolute Gasteiger partial charge is 0.311 e. The number of carbonyl (C=O) groups is 1. The third-order valence-corrected chi connectivity index (χ3v) is 5.87. The van der Waals surface area contributed by atoms with E-state index >= 15 is 0 Å². The Bertz CT molecular complexity index is 1250. The standard InChI is InChI=1S/C24H28N4O3/c1-3-8-20-26-23-22(24-25-17-11-5-6-12-18(17)28(20)24)19(31-21(29)9-4-2)15-27(23)14-16-10-7-13-30-16/h5-6,11-12,15-16H,3-4,7-10,13-14H2,1-2H3.